The average Bonchev–Trinajstić information content (AvgIpc) is 2.61. The molecule has 0 unspecified atom stereocenters. The molecule has 6 heteroatoms. The molecule has 0 atom stereocenters. The minimum atomic E-state index is 0. The van der Waals surface area contributed by atoms with Gasteiger partial charge in [0.25, 0.3) is 0 Å². The van der Waals surface area contributed by atoms with E-state index in [2.05, 4.69) is 42.4 Å². The lowest BCUT2D eigenvalue weighted by Gasteiger charge is -2.10. The Morgan fingerprint density at radius 2 is 1.77 bits per heavy atom. The van der Waals surface area contributed by atoms with E-state index in [0.717, 1.165) is 18.5 Å². The second-order valence-corrected chi connectivity index (χ2v) is 6.00. The number of nitrogens with two attached hydrogens (primary N) is 1. The highest BCUT2D eigenvalue weighted by atomic mass is 127. The molecule has 0 bridgehead atoms. The van der Waals surface area contributed by atoms with E-state index < -0.39 is 0 Å². The maximum absolute atomic E-state index is 5.96. The molecule has 5 nitrogen and oxygen atoms in total. The first-order chi connectivity index (χ1) is 12.0. The average molecular weight is 469 g/mol. The fraction of sp³-hybridized carbons (Fsp3) is 0.350. The zero-order valence-electron chi connectivity index (χ0n) is 15.8. The number of aliphatic imine (C=N–C) groups is 1. The summed E-state index contributed by atoms with van der Waals surface area (Å²) in [6.45, 7) is 5.48. The Hall–Kier alpha value is -1.96. The SMILES string of the molecule is COc1ccc(CN=C(N)NCCc2ccc(C)cc2C)cc1OC.I. The van der Waals surface area contributed by atoms with Gasteiger partial charge in [-0.05, 0) is 49.1 Å². The summed E-state index contributed by atoms with van der Waals surface area (Å²) in [5.41, 5.74) is 10.9. The minimum absolute atomic E-state index is 0. The molecule has 0 amide bonds. The predicted octanol–water partition coefficient (Wildman–Crippen LogP) is 3.59. The van der Waals surface area contributed by atoms with E-state index in [1.807, 2.05) is 18.2 Å². The van der Waals surface area contributed by atoms with Gasteiger partial charge < -0.3 is 20.5 Å². The molecule has 0 aliphatic carbocycles. The number of hydrogen-bond donors (Lipinski definition) is 2. The zero-order chi connectivity index (χ0) is 18.2. The van der Waals surface area contributed by atoms with E-state index in [9.17, 15) is 0 Å². The molecule has 0 saturated heterocycles. The highest BCUT2D eigenvalue weighted by molar-refractivity contribution is 14.0. The van der Waals surface area contributed by atoms with Gasteiger partial charge >= 0.3 is 0 Å². The maximum atomic E-state index is 5.96. The molecule has 26 heavy (non-hydrogen) atoms. The summed E-state index contributed by atoms with van der Waals surface area (Å²) < 4.78 is 10.5. The number of aryl methyl sites for hydroxylation is 2. The first kappa shape index (κ1) is 22.1. The van der Waals surface area contributed by atoms with Crippen molar-refractivity contribution < 1.29 is 9.47 Å². The number of ether oxygens (including phenoxy) is 2. The van der Waals surface area contributed by atoms with Crippen molar-refractivity contribution in [3.05, 3.63) is 58.7 Å². The first-order valence-electron chi connectivity index (χ1n) is 8.34. The molecular weight excluding hydrogens is 441 g/mol. The highest BCUT2D eigenvalue weighted by Crippen LogP contribution is 2.27. The third-order valence-electron chi connectivity index (χ3n) is 4.08. The lowest BCUT2D eigenvalue weighted by Crippen LogP contribution is -2.33. The Balaban J connectivity index is 0.00000338. The fourth-order valence-electron chi connectivity index (χ4n) is 2.66. The van der Waals surface area contributed by atoms with Gasteiger partial charge in [-0.25, -0.2) is 4.99 Å². The van der Waals surface area contributed by atoms with Crippen LogP contribution >= 0.6 is 24.0 Å². The smallest absolute Gasteiger partial charge is 0.188 e. The van der Waals surface area contributed by atoms with Gasteiger partial charge in [0, 0.05) is 6.54 Å². The molecule has 0 heterocycles. The van der Waals surface area contributed by atoms with E-state index in [1.165, 1.54) is 16.7 Å². The van der Waals surface area contributed by atoms with E-state index >= 15 is 0 Å². The molecule has 2 rings (SSSR count). The Morgan fingerprint density at radius 1 is 1.04 bits per heavy atom. The van der Waals surface area contributed by atoms with Crippen molar-refractivity contribution in [2.24, 2.45) is 10.7 Å². The minimum Gasteiger partial charge on any atom is -0.493 e. The van der Waals surface area contributed by atoms with Gasteiger partial charge in [0.2, 0.25) is 0 Å². The normalized spacial score (nSPS) is 10.8. The molecule has 0 radical (unpaired) electrons. The van der Waals surface area contributed by atoms with Gasteiger partial charge in [0.15, 0.2) is 17.5 Å². The van der Waals surface area contributed by atoms with E-state index in [0.29, 0.717) is 24.0 Å². The van der Waals surface area contributed by atoms with Gasteiger partial charge in [0.1, 0.15) is 0 Å². The van der Waals surface area contributed by atoms with Crippen molar-refractivity contribution in [1.82, 2.24) is 5.32 Å². The summed E-state index contributed by atoms with van der Waals surface area (Å²) >= 11 is 0. The van der Waals surface area contributed by atoms with Crippen LogP contribution in [-0.2, 0) is 13.0 Å². The molecule has 2 aromatic rings. The van der Waals surface area contributed by atoms with Crippen LogP contribution in [0.1, 0.15) is 22.3 Å². The van der Waals surface area contributed by atoms with Crippen LogP contribution in [0.5, 0.6) is 11.5 Å². The molecule has 142 valence electrons. The summed E-state index contributed by atoms with van der Waals surface area (Å²) in [6, 6.07) is 12.2. The zero-order valence-corrected chi connectivity index (χ0v) is 18.2. The summed E-state index contributed by atoms with van der Waals surface area (Å²) in [4.78, 5) is 4.38. The lowest BCUT2D eigenvalue weighted by atomic mass is 10.0. The van der Waals surface area contributed by atoms with Crippen molar-refractivity contribution in [3.8, 4) is 11.5 Å². The number of halogens is 1. The molecular formula is C20H28IN3O2. The number of rotatable bonds is 7. The standard InChI is InChI=1S/C20H27N3O2.HI/c1-14-5-7-17(15(2)11-14)9-10-22-20(21)23-13-16-6-8-18(24-3)19(12-16)25-4;/h5-8,11-12H,9-10,13H2,1-4H3,(H3,21,22,23);1H. The van der Waals surface area contributed by atoms with Gasteiger partial charge in [-0.15, -0.1) is 24.0 Å². The topological polar surface area (TPSA) is 68.9 Å². The number of hydrogen-bond acceptors (Lipinski definition) is 3. The van der Waals surface area contributed by atoms with Crippen LogP contribution in [0.25, 0.3) is 0 Å². The van der Waals surface area contributed by atoms with E-state index in [1.54, 1.807) is 14.2 Å². The largest absolute Gasteiger partial charge is 0.493 e. The molecule has 0 spiro atoms. The molecule has 0 fully saturated rings. The molecule has 0 aliphatic heterocycles. The molecule has 0 saturated carbocycles. The number of benzene rings is 2. The monoisotopic (exact) mass is 469 g/mol. The predicted molar refractivity (Wildman–Crippen MR) is 118 cm³/mol. The van der Waals surface area contributed by atoms with Crippen LogP contribution in [0.15, 0.2) is 41.4 Å². The number of nitrogens with one attached hydrogen (secondary N) is 1. The fourth-order valence-corrected chi connectivity index (χ4v) is 2.66. The van der Waals surface area contributed by atoms with Gasteiger partial charge in [-0.2, -0.15) is 0 Å². The van der Waals surface area contributed by atoms with E-state index in [4.69, 9.17) is 15.2 Å². The summed E-state index contributed by atoms with van der Waals surface area (Å²) in [7, 11) is 3.24. The summed E-state index contributed by atoms with van der Waals surface area (Å²) in [5, 5.41) is 3.17. The third-order valence-corrected chi connectivity index (χ3v) is 4.08. The maximum Gasteiger partial charge on any atom is 0.188 e. The summed E-state index contributed by atoms with van der Waals surface area (Å²) in [5.74, 6) is 1.84. The molecule has 0 aromatic heterocycles. The van der Waals surface area contributed by atoms with Crippen LogP contribution in [-0.4, -0.2) is 26.7 Å². The van der Waals surface area contributed by atoms with Gasteiger partial charge in [-0.1, -0.05) is 29.8 Å². The van der Waals surface area contributed by atoms with Crippen molar-refractivity contribution >= 4 is 29.9 Å². The van der Waals surface area contributed by atoms with Crippen molar-refractivity contribution in [1.29, 1.82) is 0 Å². The number of guanidine groups is 1. The van der Waals surface area contributed by atoms with Crippen LogP contribution in [0.3, 0.4) is 0 Å². The summed E-state index contributed by atoms with van der Waals surface area (Å²) in [6.07, 6.45) is 0.915. The Bertz CT molecular complexity index is 748. The Kier molecular flexibility index (Phi) is 9.26. The van der Waals surface area contributed by atoms with Crippen molar-refractivity contribution in [3.63, 3.8) is 0 Å². The number of nitrogens with zero attached hydrogens (tertiary/aromatic N) is 1. The van der Waals surface area contributed by atoms with Crippen molar-refractivity contribution in [2.75, 3.05) is 20.8 Å². The highest BCUT2D eigenvalue weighted by Gasteiger charge is 2.04. The second kappa shape index (κ2) is 10.9. The van der Waals surface area contributed by atoms with Crippen molar-refractivity contribution in [2.45, 2.75) is 26.8 Å². The second-order valence-electron chi connectivity index (χ2n) is 6.00. The first-order valence-corrected chi connectivity index (χ1v) is 8.34. The van der Waals surface area contributed by atoms with Crippen LogP contribution in [0, 0.1) is 13.8 Å². The van der Waals surface area contributed by atoms with Gasteiger partial charge in [-0.3, -0.25) is 0 Å². The Morgan fingerprint density at radius 3 is 2.42 bits per heavy atom. The molecule has 2 aromatic carbocycles. The lowest BCUT2D eigenvalue weighted by molar-refractivity contribution is 0.354. The Labute approximate surface area is 173 Å². The quantitative estimate of drug-likeness (QED) is 0.370. The van der Waals surface area contributed by atoms with Gasteiger partial charge in [0.05, 0.1) is 20.8 Å². The van der Waals surface area contributed by atoms with Crippen LogP contribution in [0.4, 0.5) is 0 Å². The molecule has 0 aliphatic rings. The third kappa shape index (κ3) is 6.40. The van der Waals surface area contributed by atoms with Crippen LogP contribution in [0.2, 0.25) is 0 Å². The van der Waals surface area contributed by atoms with E-state index in [-0.39, 0.29) is 24.0 Å². The molecule has 3 N–H and O–H groups in total. The number of methoxy groups -OCH3 is 2. The van der Waals surface area contributed by atoms with Crippen LogP contribution < -0.4 is 20.5 Å².